The molecule has 20 heavy (non-hydrogen) atoms. The number of carboxylic acids is 1. The molecule has 1 aliphatic heterocycles. The normalized spacial score (nSPS) is 22.1. The molecule has 2 unspecified atom stereocenters. The maximum absolute atomic E-state index is 12.6. The lowest BCUT2D eigenvalue weighted by Crippen LogP contribution is -2.37. The topological polar surface area (TPSA) is 57.6 Å². The molecule has 108 valence electrons. The number of nitrogens with zero attached hydrogens (tertiary/aromatic N) is 1. The van der Waals surface area contributed by atoms with Gasteiger partial charge in [-0.05, 0) is 37.8 Å². The number of amides is 1. The third-order valence-corrected chi connectivity index (χ3v) is 4.79. The van der Waals surface area contributed by atoms with Crippen LogP contribution in [-0.4, -0.2) is 40.7 Å². The number of aliphatic carboxylic acids is 1. The van der Waals surface area contributed by atoms with E-state index in [4.69, 9.17) is 16.7 Å². The van der Waals surface area contributed by atoms with Crippen LogP contribution in [0, 0.1) is 5.92 Å². The fraction of sp³-hybridized carbons (Fsp3) is 0.429. The Labute approximate surface area is 127 Å². The van der Waals surface area contributed by atoms with Crippen molar-refractivity contribution in [3.63, 3.8) is 0 Å². The summed E-state index contributed by atoms with van der Waals surface area (Å²) in [7, 11) is 0. The van der Waals surface area contributed by atoms with Gasteiger partial charge < -0.3 is 10.0 Å². The Hall–Kier alpha value is -1.20. The summed E-state index contributed by atoms with van der Waals surface area (Å²) in [6, 6.07) is 5.01. The van der Waals surface area contributed by atoms with Gasteiger partial charge in [0.1, 0.15) is 0 Å². The van der Waals surface area contributed by atoms with E-state index in [0.29, 0.717) is 23.6 Å². The number of hydrogen-bond acceptors (Lipinski definition) is 3. The zero-order valence-corrected chi connectivity index (χ0v) is 12.9. The summed E-state index contributed by atoms with van der Waals surface area (Å²) in [6.07, 6.45) is 2.42. The minimum atomic E-state index is -0.850. The van der Waals surface area contributed by atoms with Gasteiger partial charge in [0.25, 0.3) is 5.91 Å². The van der Waals surface area contributed by atoms with Crippen LogP contribution in [0.4, 0.5) is 0 Å². The summed E-state index contributed by atoms with van der Waals surface area (Å²) < 4.78 is 0. The van der Waals surface area contributed by atoms with Crippen LogP contribution in [0.2, 0.25) is 5.02 Å². The van der Waals surface area contributed by atoms with Gasteiger partial charge in [-0.15, -0.1) is 11.8 Å². The summed E-state index contributed by atoms with van der Waals surface area (Å²) in [5.41, 5.74) is 0.441. The summed E-state index contributed by atoms with van der Waals surface area (Å²) in [4.78, 5) is 26.2. The molecule has 0 saturated carbocycles. The van der Waals surface area contributed by atoms with Crippen LogP contribution in [0.25, 0.3) is 0 Å². The predicted octanol–water partition coefficient (Wildman–Crippen LogP) is 3.00. The van der Waals surface area contributed by atoms with Crippen LogP contribution >= 0.6 is 23.4 Å². The summed E-state index contributed by atoms with van der Waals surface area (Å²) >= 11 is 7.63. The van der Waals surface area contributed by atoms with E-state index in [0.717, 1.165) is 4.90 Å². The fourth-order valence-corrected chi connectivity index (χ4v) is 3.14. The van der Waals surface area contributed by atoms with Crippen molar-refractivity contribution in [3.8, 4) is 0 Å². The molecule has 2 atom stereocenters. The first kappa shape index (κ1) is 15.2. The van der Waals surface area contributed by atoms with Gasteiger partial charge in [0.2, 0.25) is 0 Å². The van der Waals surface area contributed by atoms with Gasteiger partial charge in [0.05, 0.1) is 16.5 Å². The number of rotatable bonds is 3. The van der Waals surface area contributed by atoms with Crippen LogP contribution in [-0.2, 0) is 4.79 Å². The van der Waals surface area contributed by atoms with Gasteiger partial charge in [-0.2, -0.15) is 0 Å². The van der Waals surface area contributed by atoms with Crippen LogP contribution in [0.3, 0.4) is 0 Å². The van der Waals surface area contributed by atoms with E-state index in [1.807, 2.05) is 12.3 Å². The van der Waals surface area contributed by atoms with Crippen LogP contribution in [0.1, 0.15) is 23.7 Å². The Balaban J connectivity index is 2.26. The molecule has 0 radical (unpaired) electrons. The molecule has 1 heterocycles. The second-order valence-corrected chi connectivity index (χ2v) is 6.11. The van der Waals surface area contributed by atoms with Crippen molar-refractivity contribution >= 4 is 35.2 Å². The van der Waals surface area contributed by atoms with E-state index in [1.165, 1.54) is 11.8 Å². The minimum absolute atomic E-state index is 0.192. The Kier molecular flexibility index (Phi) is 4.60. The predicted molar refractivity (Wildman–Crippen MR) is 79.5 cm³/mol. The molecule has 1 N–H and O–H groups in total. The van der Waals surface area contributed by atoms with Crippen LogP contribution in [0.5, 0.6) is 0 Å². The van der Waals surface area contributed by atoms with E-state index in [-0.39, 0.29) is 11.9 Å². The number of hydrogen-bond donors (Lipinski definition) is 1. The van der Waals surface area contributed by atoms with Gasteiger partial charge in [0.15, 0.2) is 0 Å². The Morgan fingerprint density at radius 2 is 2.15 bits per heavy atom. The summed E-state index contributed by atoms with van der Waals surface area (Å²) in [5.74, 6) is -1.54. The molecule has 1 aromatic rings. The third kappa shape index (κ3) is 2.79. The van der Waals surface area contributed by atoms with Crippen molar-refractivity contribution < 1.29 is 14.7 Å². The monoisotopic (exact) mass is 313 g/mol. The average molecular weight is 314 g/mol. The molecule has 1 fully saturated rings. The molecule has 1 aliphatic rings. The molecule has 2 rings (SSSR count). The molecule has 6 heteroatoms. The smallest absolute Gasteiger partial charge is 0.308 e. The first-order chi connectivity index (χ1) is 9.45. The average Bonchev–Trinajstić information content (AvgIpc) is 2.80. The molecular formula is C14H16ClNO3S. The van der Waals surface area contributed by atoms with Crippen LogP contribution in [0.15, 0.2) is 23.1 Å². The molecule has 0 spiro atoms. The largest absolute Gasteiger partial charge is 0.481 e. The van der Waals surface area contributed by atoms with Gasteiger partial charge in [-0.3, -0.25) is 9.59 Å². The number of carboxylic acid groups (broad SMARTS) is 1. The molecule has 0 aliphatic carbocycles. The molecule has 1 amide bonds. The fourth-order valence-electron chi connectivity index (χ4n) is 2.51. The summed E-state index contributed by atoms with van der Waals surface area (Å²) in [5, 5.41) is 9.52. The molecule has 4 nitrogen and oxygen atoms in total. The van der Waals surface area contributed by atoms with Crippen molar-refractivity contribution in [3.05, 3.63) is 28.8 Å². The highest BCUT2D eigenvalue weighted by Crippen LogP contribution is 2.29. The van der Waals surface area contributed by atoms with Crippen molar-refractivity contribution in [2.45, 2.75) is 24.3 Å². The van der Waals surface area contributed by atoms with Gasteiger partial charge in [0, 0.05) is 17.5 Å². The quantitative estimate of drug-likeness (QED) is 0.872. The Morgan fingerprint density at radius 3 is 2.70 bits per heavy atom. The Bertz CT molecular complexity index is 549. The number of benzene rings is 1. The van der Waals surface area contributed by atoms with Gasteiger partial charge in [-0.25, -0.2) is 0 Å². The van der Waals surface area contributed by atoms with Crippen LogP contribution < -0.4 is 0 Å². The van der Waals surface area contributed by atoms with Crippen molar-refractivity contribution in [2.24, 2.45) is 5.92 Å². The number of carbonyl (C=O) groups is 2. The zero-order chi connectivity index (χ0) is 14.9. The van der Waals surface area contributed by atoms with E-state index >= 15 is 0 Å². The Morgan fingerprint density at radius 1 is 1.45 bits per heavy atom. The van der Waals surface area contributed by atoms with Crippen molar-refractivity contribution in [1.29, 1.82) is 0 Å². The summed E-state index contributed by atoms with van der Waals surface area (Å²) in [6.45, 7) is 2.23. The maximum atomic E-state index is 12.6. The molecular weight excluding hydrogens is 298 g/mol. The highest BCUT2D eigenvalue weighted by molar-refractivity contribution is 7.98. The lowest BCUT2D eigenvalue weighted by molar-refractivity contribution is -0.142. The molecule has 0 aromatic heterocycles. The lowest BCUT2D eigenvalue weighted by atomic mass is 10.0. The molecule has 1 saturated heterocycles. The van der Waals surface area contributed by atoms with Gasteiger partial charge >= 0.3 is 5.97 Å². The van der Waals surface area contributed by atoms with Gasteiger partial charge in [-0.1, -0.05) is 11.6 Å². The van der Waals surface area contributed by atoms with E-state index in [9.17, 15) is 9.59 Å². The number of carbonyl (C=O) groups excluding carboxylic acids is 1. The standard InChI is InChI=1S/C14H16ClNO3S/c1-8-10(14(18)19)5-6-16(8)13(17)11-7-9(20-2)3-4-12(11)15/h3-4,7-8,10H,5-6H2,1-2H3,(H,18,19). The second-order valence-electron chi connectivity index (χ2n) is 4.82. The first-order valence-corrected chi connectivity index (χ1v) is 7.93. The number of likely N-dealkylation sites (tertiary alicyclic amines) is 1. The SMILES string of the molecule is CSc1ccc(Cl)c(C(=O)N2CCC(C(=O)O)C2C)c1. The third-order valence-electron chi connectivity index (χ3n) is 3.74. The van der Waals surface area contributed by atoms with Crippen molar-refractivity contribution in [2.75, 3.05) is 12.8 Å². The number of thioether (sulfide) groups is 1. The first-order valence-electron chi connectivity index (χ1n) is 6.33. The van der Waals surface area contributed by atoms with E-state index < -0.39 is 11.9 Å². The second kappa shape index (κ2) is 6.06. The maximum Gasteiger partial charge on any atom is 0.308 e. The molecule has 0 bridgehead atoms. The zero-order valence-electron chi connectivity index (χ0n) is 11.3. The van der Waals surface area contributed by atoms with E-state index in [1.54, 1.807) is 24.0 Å². The highest BCUT2D eigenvalue weighted by atomic mass is 35.5. The van der Waals surface area contributed by atoms with Crippen molar-refractivity contribution in [1.82, 2.24) is 4.90 Å². The lowest BCUT2D eigenvalue weighted by Gasteiger charge is -2.24. The highest BCUT2D eigenvalue weighted by Gasteiger charge is 2.38. The minimum Gasteiger partial charge on any atom is -0.481 e. The molecule has 1 aromatic carbocycles. The van der Waals surface area contributed by atoms with E-state index in [2.05, 4.69) is 0 Å². The number of halogens is 1.